The summed E-state index contributed by atoms with van der Waals surface area (Å²) in [6, 6.07) is 61.4. The standard InChI is InChI=1S/C46H29N3O/c1-3-11-30(12-4-1)31-19-21-32(22-20-31)40-28-41(48-46(47-40)34-13-5-2-6-14-34)33-23-25-35(26-24-33)49-42-17-9-7-15-36(42)38-27-39-37-16-8-10-18-44(37)50-45(39)29-43(38)49/h1-29H. The first-order chi connectivity index (χ1) is 24.8. The second-order valence-electron chi connectivity index (χ2n) is 12.6. The van der Waals surface area contributed by atoms with Crippen LogP contribution in [0.3, 0.4) is 0 Å². The minimum atomic E-state index is 0.701. The van der Waals surface area contributed by atoms with E-state index in [2.05, 4.69) is 144 Å². The molecule has 0 aliphatic carbocycles. The van der Waals surface area contributed by atoms with E-state index in [0.717, 1.165) is 66.7 Å². The number of fused-ring (bicyclic) bond motifs is 6. The van der Waals surface area contributed by atoms with Crippen LogP contribution in [0, 0.1) is 0 Å². The van der Waals surface area contributed by atoms with Gasteiger partial charge >= 0.3 is 0 Å². The van der Waals surface area contributed by atoms with Crippen molar-refractivity contribution in [1.82, 2.24) is 14.5 Å². The molecule has 3 aromatic heterocycles. The molecule has 0 aliphatic heterocycles. The SMILES string of the molecule is c1ccc(-c2ccc(-c3cc(-c4ccc(-n5c6ccccc6c6cc7c(cc65)oc5ccccc57)cc4)nc(-c4ccccc4)n3)cc2)cc1. The first-order valence-corrected chi connectivity index (χ1v) is 16.8. The number of hydrogen-bond acceptors (Lipinski definition) is 3. The second kappa shape index (κ2) is 11.4. The van der Waals surface area contributed by atoms with Crippen molar-refractivity contribution < 1.29 is 4.42 Å². The summed E-state index contributed by atoms with van der Waals surface area (Å²) in [5, 5.41) is 4.69. The Kier molecular flexibility index (Phi) is 6.46. The summed E-state index contributed by atoms with van der Waals surface area (Å²) >= 11 is 0. The van der Waals surface area contributed by atoms with E-state index in [1.54, 1.807) is 0 Å². The van der Waals surface area contributed by atoms with Crippen molar-refractivity contribution >= 4 is 43.7 Å². The molecule has 4 nitrogen and oxygen atoms in total. The Bertz CT molecular complexity index is 2830. The fourth-order valence-electron chi connectivity index (χ4n) is 7.17. The molecule has 0 aliphatic rings. The van der Waals surface area contributed by atoms with Gasteiger partial charge in [-0.25, -0.2) is 9.97 Å². The van der Waals surface area contributed by atoms with Crippen LogP contribution in [-0.2, 0) is 0 Å². The maximum atomic E-state index is 6.32. The molecule has 0 unspecified atom stereocenters. The van der Waals surface area contributed by atoms with Crippen LogP contribution >= 0.6 is 0 Å². The van der Waals surface area contributed by atoms with E-state index in [4.69, 9.17) is 14.4 Å². The summed E-state index contributed by atoms with van der Waals surface area (Å²) in [4.78, 5) is 10.1. The van der Waals surface area contributed by atoms with E-state index in [-0.39, 0.29) is 0 Å². The number of aromatic nitrogens is 3. The Balaban J connectivity index is 1.09. The van der Waals surface area contributed by atoms with Gasteiger partial charge in [-0.15, -0.1) is 0 Å². The number of hydrogen-bond donors (Lipinski definition) is 0. The lowest BCUT2D eigenvalue weighted by atomic mass is 10.0. The van der Waals surface area contributed by atoms with Gasteiger partial charge in [0.15, 0.2) is 5.82 Å². The summed E-state index contributed by atoms with van der Waals surface area (Å²) in [6.45, 7) is 0. The van der Waals surface area contributed by atoms with E-state index in [0.29, 0.717) is 5.82 Å². The molecule has 3 heterocycles. The van der Waals surface area contributed by atoms with Crippen molar-refractivity contribution in [3.8, 4) is 50.7 Å². The van der Waals surface area contributed by atoms with Gasteiger partial charge in [0.25, 0.3) is 0 Å². The smallest absolute Gasteiger partial charge is 0.160 e. The topological polar surface area (TPSA) is 43.9 Å². The van der Waals surface area contributed by atoms with Crippen LogP contribution in [-0.4, -0.2) is 14.5 Å². The summed E-state index contributed by atoms with van der Waals surface area (Å²) in [7, 11) is 0. The summed E-state index contributed by atoms with van der Waals surface area (Å²) in [6.07, 6.45) is 0. The molecule has 0 atom stereocenters. The molecule has 4 heteroatoms. The zero-order valence-corrected chi connectivity index (χ0v) is 27.0. The highest BCUT2D eigenvalue weighted by atomic mass is 16.3. The van der Waals surface area contributed by atoms with Crippen LogP contribution in [0.25, 0.3) is 94.5 Å². The molecule has 10 rings (SSSR count). The normalized spacial score (nSPS) is 11.6. The van der Waals surface area contributed by atoms with Gasteiger partial charge in [-0.2, -0.15) is 0 Å². The average molecular weight is 640 g/mol. The number of nitrogens with zero attached hydrogens (tertiary/aromatic N) is 3. The fraction of sp³-hybridized carbons (Fsp3) is 0. The van der Waals surface area contributed by atoms with Crippen LogP contribution in [0.15, 0.2) is 180 Å². The molecule has 234 valence electrons. The Morgan fingerprint density at radius 2 is 0.920 bits per heavy atom. The Labute approximate surface area is 288 Å². The predicted molar refractivity (Wildman–Crippen MR) is 205 cm³/mol. The molecule has 0 bridgehead atoms. The maximum Gasteiger partial charge on any atom is 0.160 e. The van der Waals surface area contributed by atoms with E-state index in [1.165, 1.54) is 21.9 Å². The molecule has 0 saturated carbocycles. The predicted octanol–water partition coefficient (Wildman–Crippen LogP) is 12.1. The number of furan rings is 1. The third-order valence-corrected chi connectivity index (χ3v) is 9.64. The first kappa shape index (κ1) is 28.3. The lowest BCUT2D eigenvalue weighted by Crippen LogP contribution is -1.97. The summed E-state index contributed by atoms with van der Waals surface area (Å²) < 4.78 is 8.65. The highest BCUT2D eigenvalue weighted by Crippen LogP contribution is 2.38. The van der Waals surface area contributed by atoms with Crippen molar-refractivity contribution in [2.24, 2.45) is 0 Å². The lowest BCUT2D eigenvalue weighted by molar-refractivity contribution is 0.669. The van der Waals surface area contributed by atoms with Crippen LogP contribution in [0.4, 0.5) is 0 Å². The summed E-state index contributed by atoms with van der Waals surface area (Å²) in [5.74, 6) is 0.701. The van der Waals surface area contributed by atoms with Gasteiger partial charge in [0.05, 0.1) is 22.4 Å². The quantitative estimate of drug-likeness (QED) is 0.188. The minimum Gasteiger partial charge on any atom is -0.456 e. The average Bonchev–Trinajstić information content (AvgIpc) is 3.72. The van der Waals surface area contributed by atoms with Crippen LogP contribution in [0.1, 0.15) is 0 Å². The molecule has 0 N–H and O–H groups in total. The Morgan fingerprint density at radius 1 is 0.360 bits per heavy atom. The Morgan fingerprint density at radius 3 is 1.64 bits per heavy atom. The third-order valence-electron chi connectivity index (χ3n) is 9.64. The second-order valence-corrected chi connectivity index (χ2v) is 12.6. The molecule has 7 aromatic carbocycles. The van der Waals surface area contributed by atoms with Crippen molar-refractivity contribution in [3.63, 3.8) is 0 Å². The lowest BCUT2D eigenvalue weighted by Gasteiger charge is -2.12. The van der Waals surface area contributed by atoms with E-state index < -0.39 is 0 Å². The van der Waals surface area contributed by atoms with Gasteiger partial charge in [-0.3, -0.25) is 0 Å². The van der Waals surface area contributed by atoms with Gasteiger partial charge in [0, 0.05) is 50.0 Å². The molecule has 0 fully saturated rings. The van der Waals surface area contributed by atoms with Gasteiger partial charge < -0.3 is 8.98 Å². The molecular weight excluding hydrogens is 611 g/mol. The number of rotatable bonds is 5. The van der Waals surface area contributed by atoms with Crippen LogP contribution in [0.2, 0.25) is 0 Å². The van der Waals surface area contributed by atoms with Crippen molar-refractivity contribution in [1.29, 1.82) is 0 Å². The fourth-order valence-corrected chi connectivity index (χ4v) is 7.17. The zero-order valence-electron chi connectivity index (χ0n) is 27.0. The highest BCUT2D eigenvalue weighted by molar-refractivity contribution is 6.17. The van der Waals surface area contributed by atoms with Gasteiger partial charge in [0.1, 0.15) is 11.2 Å². The molecule has 0 radical (unpaired) electrons. The monoisotopic (exact) mass is 639 g/mol. The van der Waals surface area contributed by atoms with Crippen molar-refractivity contribution in [3.05, 3.63) is 176 Å². The van der Waals surface area contributed by atoms with Crippen molar-refractivity contribution in [2.75, 3.05) is 0 Å². The van der Waals surface area contributed by atoms with E-state index in [1.807, 2.05) is 36.4 Å². The van der Waals surface area contributed by atoms with E-state index >= 15 is 0 Å². The van der Waals surface area contributed by atoms with E-state index in [9.17, 15) is 0 Å². The van der Waals surface area contributed by atoms with Gasteiger partial charge in [-0.1, -0.05) is 133 Å². The third kappa shape index (κ3) is 4.69. The van der Waals surface area contributed by atoms with Crippen LogP contribution < -0.4 is 0 Å². The first-order valence-electron chi connectivity index (χ1n) is 16.8. The van der Waals surface area contributed by atoms with Crippen LogP contribution in [0.5, 0.6) is 0 Å². The molecule has 0 saturated heterocycles. The number of para-hydroxylation sites is 2. The van der Waals surface area contributed by atoms with Gasteiger partial charge in [0.2, 0.25) is 0 Å². The molecule has 0 spiro atoms. The molecular formula is C46H29N3O. The molecule has 10 aromatic rings. The highest BCUT2D eigenvalue weighted by Gasteiger charge is 2.17. The maximum absolute atomic E-state index is 6.32. The summed E-state index contributed by atoms with van der Waals surface area (Å²) in [5.41, 5.74) is 12.3. The molecule has 0 amide bonds. The zero-order chi connectivity index (χ0) is 33.0. The minimum absolute atomic E-state index is 0.701. The largest absolute Gasteiger partial charge is 0.456 e. The Hall–Kier alpha value is -6.78. The number of benzene rings is 7. The molecule has 50 heavy (non-hydrogen) atoms. The van der Waals surface area contributed by atoms with Gasteiger partial charge in [-0.05, 0) is 47.5 Å². The van der Waals surface area contributed by atoms with Crippen molar-refractivity contribution in [2.45, 2.75) is 0 Å².